The minimum absolute atomic E-state index is 0.105. The maximum atomic E-state index is 12.2. The maximum absolute atomic E-state index is 12.2. The number of unbranched alkanes of at least 4 members (excludes halogenated alkanes) is 1. The van der Waals surface area contributed by atoms with Crippen LogP contribution in [0.15, 0.2) is 0 Å². The van der Waals surface area contributed by atoms with Gasteiger partial charge in [0.05, 0.1) is 0 Å². The molecule has 0 aromatic heterocycles. The van der Waals surface area contributed by atoms with E-state index < -0.39 is 13.8 Å². The predicted octanol–water partition coefficient (Wildman–Crippen LogP) is 5.44. The average molecular weight is 371 g/mol. The van der Waals surface area contributed by atoms with Crippen LogP contribution in [-0.2, 0) is 8.85 Å². The first kappa shape index (κ1) is 21.4. The van der Waals surface area contributed by atoms with Gasteiger partial charge in [-0.2, -0.15) is 0 Å². The zero-order valence-electron chi connectivity index (χ0n) is 17.8. The zero-order valence-corrected chi connectivity index (χ0v) is 18.8. The Balaban J connectivity index is 2.41. The highest BCUT2D eigenvalue weighted by atomic mass is 28.4. The third kappa shape index (κ3) is 3.15. The quantitative estimate of drug-likeness (QED) is 0.520. The highest BCUT2D eigenvalue weighted by Gasteiger charge is 2.77. The first-order valence-electron chi connectivity index (χ1n) is 10.6. The summed E-state index contributed by atoms with van der Waals surface area (Å²) in [4.78, 5) is 0. The highest BCUT2D eigenvalue weighted by molar-refractivity contribution is 6.71. The van der Waals surface area contributed by atoms with Gasteiger partial charge in [0.1, 0.15) is 5.22 Å². The second kappa shape index (κ2) is 7.61. The van der Waals surface area contributed by atoms with Crippen molar-refractivity contribution in [2.75, 3.05) is 13.2 Å². The second-order valence-electron chi connectivity index (χ2n) is 9.42. The van der Waals surface area contributed by atoms with Gasteiger partial charge in [0.25, 0.3) is 0 Å². The lowest BCUT2D eigenvalue weighted by Gasteiger charge is -2.53. The van der Waals surface area contributed by atoms with Crippen molar-refractivity contribution < 1.29 is 14.0 Å². The van der Waals surface area contributed by atoms with Crippen LogP contribution in [0.1, 0.15) is 87.0 Å². The van der Waals surface area contributed by atoms with Crippen molar-refractivity contribution in [3.8, 4) is 0 Å². The summed E-state index contributed by atoms with van der Waals surface area (Å²) in [5, 5.41) is 11.5. The lowest BCUT2D eigenvalue weighted by molar-refractivity contribution is -0.0709. The highest BCUT2D eigenvalue weighted by Crippen LogP contribution is 2.72. The Morgan fingerprint density at radius 3 is 2.12 bits per heavy atom. The number of aliphatic hydroxyl groups is 1. The first-order chi connectivity index (χ1) is 11.6. The molecule has 4 unspecified atom stereocenters. The Hall–Kier alpha value is 0.0969. The van der Waals surface area contributed by atoms with Crippen molar-refractivity contribution in [1.82, 2.24) is 0 Å². The Morgan fingerprint density at radius 2 is 1.72 bits per heavy atom. The SMILES string of the molecule is CCCCC(C)C[Si](OCC)(OCC)C1(O)CC2CCC1(C)C2(C)C. The molecule has 3 nitrogen and oxygen atoms in total. The standard InChI is InChI=1S/C21H42O3Si/c1-8-11-12-17(4)16-25(23-9-2,24-10-3)21(22)15-18-13-14-20(21,7)19(18,5)6/h17-18,22H,8-16H2,1-7H3. The summed E-state index contributed by atoms with van der Waals surface area (Å²) < 4.78 is 13.0. The van der Waals surface area contributed by atoms with E-state index in [2.05, 4.69) is 48.5 Å². The number of rotatable bonds is 10. The molecule has 0 aromatic carbocycles. The fraction of sp³-hybridized carbons (Fsp3) is 1.00. The largest absolute Gasteiger partial charge is 0.393 e. The average Bonchev–Trinajstić information content (AvgIpc) is 2.85. The van der Waals surface area contributed by atoms with Crippen LogP contribution in [0.25, 0.3) is 0 Å². The molecule has 1 N–H and O–H groups in total. The summed E-state index contributed by atoms with van der Waals surface area (Å²) in [5.74, 6) is 1.13. The molecule has 0 saturated heterocycles. The molecule has 0 aromatic rings. The molecule has 2 saturated carbocycles. The lowest BCUT2D eigenvalue weighted by Crippen LogP contribution is -2.70. The van der Waals surface area contributed by atoms with Crippen LogP contribution in [0.4, 0.5) is 0 Å². The molecule has 4 heteroatoms. The summed E-state index contributed by atoms with van der Waals surface area (Å²) in [7, 11) is -2.76. The van der Waals surface area contributed by atoms with E-state index in [0.29, 0.717) is 25.0 Å². The van der Waals surface area contributed by atoms with Gasteiger partial charge in [-0.25, -0.2) is 0 Å². The molecule has 2 fully saturated rings. The van der Waals surface area contributed by atoms with Crippen LogP contribution in [0.2, 0.25) is 6.04 Å². The summed E-state index contributed by atoms with van der Waals surface area (Å²) in [6.07, 6.45) is 6.86. The van der Waals surface area contributed by atoms with Gasteiger partial charge >= 0.3 is 8.56 Å². The molecule has 25 heavy (non-hydrogen) atoms. The first-order valence-corrected chi connectivity index (χ1v) is 12.7. The van der Waals surface area contributed by atoms with Crippen molar-refractivity contribution in [2.24, 2.45) is 22.7 Å². The van der Waals surface area contributed by atoms with Gasteiger partial charge in [-0.15, -0.1) is 0 Å². The van der Waals surface area contributed by atoms with E-state index in [1.165, 1.54) is 25.7 Å². The van der Waals surface area contributed by atoms with Crippen molar-refractivity contribution in [2.45, 2.75) is 98.3 Å². The van der Waals surface area contributed by atoms with E-state index in [-0.39, 0.29) is 10.8 Å². The van der Waals surface area contributed by atoms with Crippen LogP contribution in [-0.4, -0.2) is 32.1 Å². The minimum atomic E-state index is -2.76. The molecular formula is C21H42O3Si. The molecular weight excluding hydrogens is 328 g/mol. The molecule has 0 amide bonds. The van der Waals surface area contributed by atoms with Gasteiger partial charge in [0, 0.05) is 18.6 Å². The van der Waals surface area contributed by atoms with Gasteiger partial charge in [0.2, 0.25) is 0 Å². The Kier molecular flexibility index (Phi) is 6.51. The van der Waals surface area contributed by atoms with Crippen LogP contribution in [0, 0.1) is 22.7 Å². The fourth-order valence-electron chi connectivity index (χ4n) is 6.00. The maximum Gasteiger partial charge on any atom is 0.371 e. The van der Waals surface area contributed by atoms with Gasteiger partial charge in [-0.05, 0) is 56.4 Å². The summed E-state index contributed by atoms with van der Waals surface area (Å²) in [5.41, 5.74) is 0.0482. The van der Waals surface area contributed by atoms with E-state index in [9.17, 15) is 5.11 Å². The molecule has 0 aliphatic heterocycles. The monoisotopic (exact) mass is 370 g/mol. The molecule has 2 rings (SSSR count). The molecule has 148 valence electrons. The van der Waals surface area contributed by atoms with E-state index in [4.69, 9.17) is 8.85 Å². The van der Waals surface area contributed by atoms with Gasteiger partial charge in [-0.1, -0.05) is 53.9 Å². The molecule has 4 atom stereocenters. The number of hydrogen-bond acceptors (Lipinski definition) is 3. The Morgan fingerprint density at radius 1 is 1.12 bits per heavy atom. The van der Waals surface area contributed by atoms with Gasteiger partial charge in [0.15, 0.2) is 0 Å². The van der Waals surface area contributed by atoms with E-state index >= 15 is 0 Å². The molecule has 0 heterocycles. The van der Waals surface area contributed by atoms with E-state index in [1.807, 2.05) is 0 Å². The van der Waals surface area contributed by atoms with Gasteiger partial charge in [-0.3, -0.25) is 0 Å². The van der Waals surface area contributed by atoms with E-state index in [1.54, 1.807) is 0 Å². The molecule has 2 aliphatic rings. The van der Waals surface area contributed by atoms with Crippen LogP contribution in [0.5, 0.6) is 0 Å². The lowest BCUT2D eigenvalue weighted by atomic mass is 9.69. The minimum Gasteiger partial charge on any atom is -0.393 e. The van der Waals surface area contributed by atoms with Crippen molar-refractivity contribution >= 4 is 8.56 Å². The molecule has 0 radical (unpaired) electrons. The zero-order chi connectivity index (χ0) is 18.9. The van der Waals surface area contributed by atoms with Crippen LogP contribution < -0.4 is 0 Å². The summed E-state index contributed by atoms with van der Waals surface area (Å²) in [6, 6.07) is 0.920. The van der Waals surface area contributed by atoms with Crippen molar-refractivity contribution in [3.05, 3.63) is 0 Å². The topological polar surface area (TPSA) is 38.7 Å². The smallest absolute Gasteiger partial charge is 0.371 e. The third-order valence-electron chi connectivity index (χ3n) is 7.94. The van der Waals surface area contributed by atoms with Crippen molar-refractivity contribution in [1.29, 1.82) is 0 Å². The molecule has 2 aliphatic carbocycles. The summed E-state index contributed by atoms with van der Waals surface area (Å²) in [6.45, 7) is 17.0. The normalized spacial score (nSPS) is 35.3. The Labute approximate surface area is 157 Å². The number of hydrogen-bond donors (Lipinski definition) is 1. The Bertz CT molecular complexity index is 446. The van der Waals surface area contributed by atoms with Gasteiger partial charge < -0.3 is 14.0 Å². The third-order valence-corrected chi connectivity index (χ3v) is 12.7. The van der Waals surface area contributed by atoms with Crippen LogP contribution in [0.3, 0.4) is 0 Å². The van der Waals surface area contributed by atoms with E-state index in [0.717, 1.165) is 18.9 Å². The van der Waals surface area contributed by atoms with Crippen molar-refractivity contribution in [3.63, 3.8) is 0 Å². The fourth-order valence-corrected chi connectivity index (χ4v) is 11.0. The second-order valence-corrected chi connectivity index (χ2v) is 12.7. The number of fused-ring (bicyclic) bond motifs is 2. The predicted molar refractivity (Wildman–Crippen MR) is 107 cm³/mol. The molecule has 2 bridgehead atoms. The summed E-state index contributed by atoms with van der Waals surface area (Å²) >= 11 is 0. The van der Waals surface area contributed by atoms with Crippen LogP contribution >= 0.6 is 0 Å². The molecule has 0 spiro atoms.